The van der Waals surface area contributed by atoms with Crippen molar-refractivity contribution < 1.29 is 4.92 Å². The number of benzene rings is 1. The molecule has 5 heteroatoms. The van der Waals surface area contributed by atoms with Crippen LogP contribution in [0.15, 0.2) is 24.3 Å². The van der Waals surface area contributed by atoms with Crippen molar-refractivity contribution in [3.8, 4) is 0 Å². The minimum atomic E-state index is -0.582. The highest BCUT2D eigenvalue weighted by Gasteiger charge is 2.51. The van der Waals surface area contributed by atoms with Gasteiger partial charge in [-0.3, -0.25) is 10.1 Å². The van der Waals surface area contributed by atoms with Gasteiger partial charge >= 0.3 is 0 Å². The standard InChI is InChI=1S/C10H9Cl2NO2/c11-10(12)6-8(10)5-7-1-3-9(4-2-7)13(14)15/h1-4,8H,5-6H2. The molecule has 0 amide bonds. The lowest BCUT2D eigenvalue weighted by molar-refractivity contribution is -0.384. The number of nitro benzene ring substituents is 1. The Morgan fingerprint density at radius 2 is 1.93 bits per heavy atom. The number of halogens is 2. The zero-order chi connectivity index (χ0) is 11.1. The first-order chi connectivity index (χ1) is 6.99. The summed E-state index contributed by atoms with van der Waals surface area (Å²) in [5, 5.41) is 10.4. The van der Waals surface area contributed by atoms with Crippen LogP contribution in [-0.2, 0) is 6.42 Å². The molecule has 0 saturated heterocycles. The second-order valence-corrected chi connectivity index (χ2v) is 5.33. The van der Waals surface area contributed by atoms with Crippen LogP contribution in [0.3, 0.4) is 0 Å². The Bertz CT molecular complexity index is 389. The summed E-state index contributed by atoms with van der Waals surface area (Å²) in [6, 6.07) is 6.50. The largest absolute Gasteiger partial charge is 0.269 e. The van der Waals surface area contributed by atoms with E-state index in [1.807, 2.05) is 0 Å². The Morgan fingerprint density at radius 1 is 1.40 bits per heavy atom. The van der Waals surface area contributed by atoms with Gasteiger partial charge in [-0.25, -0.2) is 0 Å². The first-order valence-electron chi connectivity index (χ1n) is 4.60. The van der Waals surface area contributed by atoms with E-state index in [2.05, 4.69) is 0 Å². The van der Waals surface area contributed by atoms with Crippen molar-refractivity contribution >= 4 is 28.9 Å². The van der Waals surface area contributed by atoms with Crippen molar-refractivity contribution in [3.63, 3.8) is 0 Å². The molecular formula is C10H9Cl2NO2. The average Bonchev–Trinajstić information content (AvgIpc) is 2.74. The summed E-state index contributed by atoms with van der Waals surface area (Å²) in [5.41, 5.74) is 1.14. The van der Waals surface area contributed by atoms with Gasteiger partial charge in [0.1, 0.15) is 4.33 Å². The van der Waals surface area contributed by atoms with Crippen LogP contribution in [0.25, 0.3) is 0 Å². The first-order valence-corrected chi connectivity index (χ1v) is 5.36. The molecule has 1 aromatic carbocycles. The van der Waals surface area contributed by atoms with Crippen molar-refractivity contribution in [2.45, 2.75) is 17.2 Å². The second kappa shape index (κ2) is 3.65. The zero-order valence-electron chi connectivity index (χ0n) is 7.82. The van der Waals surface area contributed by atoms with Crippen LogP contribution in [0.2, 0.25) is 0 Å². The lowest BCUT2D eigenvalue weighted by Crippen LogP contribution is -1.95. The van der Waals surface area contributed by atoms with E-state index in [1.165, 1.54) is 12.1 Å². The molecule has 1 aromatic rings. The van der Waals surface area contributed by atoms with E-state index in [0.29, 0.717) is 0 Å². The summed E-state index contributed by atoms with van der Waals surface area (Å²) in [5.74, 6) is 0.280. The maximum atomic E-state index is 10.4. The molecular weight excluding hydrogens is 237 g/mol. The minimum absolute atomic E-state index is 0.109. The Kier molecular flexibility index (Phi) is 2.61. The smallest absolute Gasteiger partial charge is 0.258 e. The van der Waals surface area contributed by atoms with Crippen LogP contribution in [0.1, 0.15) is 12.0 Å². The van der Waals surface area contributed by atoms with E-state index in [0.717, 1.165) is 18.4 Å². The van der Waals surface area contributed by atoms with Crippen molar-refractivity contribution in [3.05, 3.63) is 39.9 Å². The van der Waals surface area contributed by atoms with Crippen molar-refractivity contribution in [2.24, 2.45) is 5.92 Å². The number of non-ortho nitro benzene ring substituents is 1. The molecule has 1 saturated carbocycles. The summed E-state index contributed by atoms with van der Waals surface area (Å²) in [4.78, 5) is 10.0. The number of hydrogen-bond acceptors (Lipinski definition) is 2. The number of rotatable bonds is 3. The normalized spacial score (nSPS) is 22.4. The Morgan fingerprint density at radius 3 is 2.33 bits per heavy atom. The predicted molar refractivity (Wildman–Crippen MR) is 59.3 cm³/mol. The van der Waals surface area contributed by atoms with Gasteiger partial charge in [0, 0.05) is 12.1 Å². The monoisotopic (exact) mass is 245 g/mol. The van der Waals surface area contributed by atoms with Gasteiger partial charge in [-0.05, 0) is 24.3 Å². The Hall–Kier alpha value is -0.800. The maximum absolute atomic E-state index is 10.4. The highest BCUT2D eigenvalue weighted by atomic mass is 35.5. The zero-order valence-corrected chi connectivity index (χ0v) is 9.33. The first kappa shape index (κ1) is 10.7. The molecule has 1 atom stereocenters. The Labute approximate surface area is 97.1 Å². The number of hydrogen-bond donors (Lipinski definition) is 0. The summed E-state index contributed by atoms with van der Waals surface area (Å²) in [6.07, 6.45) is 1.58. The number of nitrogens with zero attached hydrogens (tertiary/aromatic N) is 1. The lowest BCUT2D eigenvalue weighted by atomic mass is 10.1. The fraction of sp³-hybridized carbons (Fsp3) is 0.400. The summed E-state index contributed by atoms with van der Waals surface area (Å²) in [7, 11) is 0. The van der Waals surface area contributed by atoms with Crippen molar-refractivity contribution in [1.82, 2.24) is 0 Å². The van der Waals surface area contributed by atoms with Gasteiger partial charge in [-0.15, -0.1) is 23.2 Å². The molecule has 0 N–H and O–H groups in total. The molecule has 0 spiro atoms. The molecule has 15 heavy (non-hydrogen) atoms. The molecule has 0 radical (unpaired) electrons. The van der Waals surface area contributed by atoms with Crippen LogP contribution in [0.5, 0.6) is 0 Å². The molecule has 1 aliphatic carbocycles. The van der Waals surface area contributed by atoms with Gasteiger partial charge in [0.25, 0.3) is 5.69 Å². The topological polar surface area (TPSA) is 43.1 Å². The minimum Gasteiger partial charge on any atom is -0.258 e. The molecule has 1 fully saturated rings. The highest BCUT2D eigenvalue weighted by Crippen LogP contribution is 2.54. The fourth-order valence-corrected chi connectivity index (χ4v) is 2.06. The lowest BCUT2D eigenvalue weighted by Gasteiger charge is -2.00. The third-order valence-electron chi connectivity index (χ3n) is 2.58. The molecule has 0 heterocycles. The van der Waals surface area contributed by atoms with Gasteiger partial charge in [0.05, 0.1) is 4.92 Å². The van der Waals surface area contributed by atoms with E-state index in [-0.39, 0.29) is 11.6 Å². The van der Waals surface area contributed by atoms with E-state index in [4.69, 9.17) is 23.2 Å². The van der Waals surface area contributed by atoms with Crippen LogP contribution in [0.4, 0.5) is 5.69 Å². The average molecular weight is 246 g/mol. The number of alkyl halides is 2. The van der Waals surface area contributed by atoms with E-state index in [1.54, 1.807) is 12.1 Å². The van der Waals surface area contributed by atoms with Gasteiger partial charge < -0.3 is 0 Å². The van der Waals surface area contributed by atoms with Gasteiger partial charge in [0.15, 0.2) is 0 Å². The third kappa shape index (κ3) is 2.41. The van der Waals surface area contributed by atoms with E-state index < -0.39 is 9.26 Å². The second-order valence-electron chi connectivity index (χ2n) is 3.79. The summed E-state index contributed by atoms with van der Waals surface area (Å²) < 4.78 is -0.582. The molecule has 0 bridgehead atoms. The van der Waals surface area contributed by atoms with E-state index >= 15 is 0 Å². The quantitative estimate of drug-likeness (QED) is 0.466. The van der Waals surface area contributed by atoms with Crippen LogP contribution >= 0.6 is 23.2 Å². The van der Waals surface area contributed by atoms with Gasteiger partial charge in [-0.2, -0.15) is 0 Å². The molecule has 3 nitrogen and oxygen atoms in total. The Balaban J connectivity index is 2.02. The van der Waals surface area contributed by atoms with Crippen LogP contribution in [0, 0.1) is 16.0 Å². The van der Waals surface area contributed by atoms with Crippen molar-refractivity contribution in [2.75, 3.05) is 0 Å². The van der Waals surface area contributed by atoms with Crippen LogP contribution < -0.4 is 0 Å². The molecule has 1 unspecified atom stereocenters. The summed E-state index contributed by atoms with van der Waals surface area (Å²) >= 11 is 11.8. The van der Waals surface area contributed by atoms with Crippen LogP contribution in [-0.4, -0.2) is 9.26 Å². The molecule has 1 aliphatic rings. The molecule has 2 rings (SSSR count). The molecule has 0 aliphatic heterocycles. The van der Waals surface area contributed by atoms with Gasteiger partial charge in [-0.1, -0.05) is 12.1 Å². The van der Waals surface area contributed by atoms with Gasteiger partial charge in [0.2, 0.25) is 0 Å². The molecule has 0 aromatic heterocycles. The molecule has 80 valence electrons. The predicted octanol–water partition coefficient (Wildman–Crippen LogP) is 3.33. The maximum Gasteiger partial charge on any atom is 0.269 e. The summed E-state index contributed by atoms with van der Waals surface area (Å²) in [6.45, 7) is 0. The van der Waals surface area contributed by atoms with Crippen molar-refractivity contribution in [1.29, 1.82) is 0 Å². The van der Waals surface area contributed by atoms with E-state index in [9.17, 15) is 10.1 Å². The fourth-order valence-electron chi connectivity index (χ4n) is 1.53. The SMILES string of the molecule is O=[N+]([O-])c1ccc(CC2CC2(Cl)Cl)cc1. The highest BCUT2D eigenvalue weighted by molar-refractivity contribution is 6.50. The number of nitro groups is 1. The third-order valence-corrected chi connectivity index (χ3v) is 3.51.